The molecule has 18 heavy (non-hydrogen) atoms. The predicted molar refractivity (Wildman–Crippen MR) is 68.5 cm³/mol. The molecule has 1 aliphatic heterocycles. The van der Waals surface area contributed by atoms with Crippen molar-refractivity contribution in [1.82, 2.24) is 0 Å². The first kappa shape index (κ1) is 12.7. The summed E-state index contributed by atoms with van der Waals surface area (Å²) >= 11 is 0. The lowest BCUT2D eigenvalue weighted by molar-refractivity contribution is 0.0581. The number of carbonyl (C=O) groups excluding carboxylic acids is 1. The molecule has 0 atom stereocenters. The van der Waals surface area contributed by atoms with Gasteiger partial charge in [-0.1, -0.05) is 6.07 Å². The number of fused-ring (bicyclic) bond motifs is 1. The van der Waals surface area contributed by atoms with E-state index in [0.717, 1.165) is 0 Å². The van der Waals surface area contributed by atoms with E-state index < -0.39 is 11.7 Å². The zero-order valence-corrected chi connectivity index (χ0v) is 10.8. The van der Waals surface area contributed by atoms with Crippen LogP contribution in [0.3, 0.4) is 0 Å². The van der Waals surface area contributed by atoms with E-state index in [0.29, 0.717) is 24.5 Å². The van der Waals surface area contributed by atoms with Crippen molar-refractivity contribution in [2.45, 2.75) is 26.4 Å². The van der Waals surface area contributed by atoms with Crippen LogP contribution in [0.5, 0.6) is 0 Å². The minimum absolute atomic E-state index is 0.356. The Bertz CT molecular complexity index is 469. The topological polar surface area (TPSA) is 41.6 Å². The van der Waals surface area contributed by atoms with Crippen molar-refractivity contribution < 1.29 is 13.9 Å². The maximum atomic E-state index is 13.6. The van der Waals surface area contributed by atoms with Crippen molar-refractivity contribution >= 4 is 17.5 Å². The molecule has 98 valence electrons. The molecule has 0 saturated carbocycles. The van der Waals surface area contributed by atoms with Crippen molar-refractivity contribution in [1.29, 1.82) is 0 Å². The van der Waals surface area contributed by atoms with Gasteiger partial charge in [-0.25, -0.2) is 9.18 Å². The van der Waals surface area contributed by atoms with Crippen molar-refractivity contribution in [3.8, 4) is 0 Å². The second-order valence-electron chi connectivity index (χ2n) is 5.19. The van der Waals surface area contributed by atoms with E-state index in [2.05, 4.69) is 5.32 Å². The molecule has 0 aromatic heterocycles. The number of para-hydroxylation sites is 1. The molecule has 0 fully saturated rings. The Morgan fingerprint density at radius 3 is 2.83 bits per heavy atom. The smallest absolute Gasteiger partial charge is 0.414 e. The van der Waals surface area contributed by atoms with E-state index >= 15 is 0 Å². The molecule has 1 aromatic rings. The van der Waals surface area contributed by atoms with Crippen LogP contribution in [0.25, 0.3) is 0 Å². The summed E-state index contributed by atoms with van der Waals surface area (Å²) < 4.78 is 18.9. The third-order valence-electron chi connectivity index (χ3n) is 2.53. The molecule has 0 aliphatic carbocycles. The van der Waals surface area contributed by atoms with Crippen LogP contribution in [0.15, 0.2) is 18.2 Å². The number of benzene rings is 1. The lowest BCUT2D eigenvalue weighted by atomic mass is 10.2. The predicted octanol–water partition coefficient (Wildman–Crippen LogP) is 2.99. The fourth-order valence-corrected chi connectivity index (χ4v) is 1.83. The Balaban J connectivity index is 2.28. The normalized spacial score (nSPS) is 14.8. The zero-order valence-electron chi connectivity index (χ0n) is 10.8. The molecule has 1 amide bonds. The van der Waals surface area contributed by atoms with Crippen LogP contribution in [0.2, 0.25) is 0 Å². The van der Waals surface area contributed by atoms with E-state index in [1.807, 2.05) is 0 Å². The largest absolute Gasteiger partial charge is 0.443 e. The van der Waals surface area contributed by atoms with Gasteiger partial charge in [0.1, 0.15) is 11.4 Å². The quantitative estimate of drug-likeness (QED) is 0.771. The van der Waals surface area contributed by atoms with Gasteiger partial charge in [-0.2, -0.15) is 0 Å². The Kier molecular flexibility index (Phi) is 3.15. The first-order chi connectivity index (χ1) is 8.38. The molecule has 0 radical (unpaired) electrons. The lowest BCUT2D eigenvalue weighted by Gasteiger charge is -2.32. The summed E-state index contributed by atoms with van der Waals surface area (Å²) in [5.41, 5.74) is 0.320. The minimum Gasteiger partial charge on any atom is -0.443 e. The molecule has 0 unspecified atom stereocenters. The van der Waals surface area contributed by atoms with E-state index in [1.54, 1.807) is 32.9 Å². The average molecular weight is 252 g/mol. The molecule has 1 heterocycles. The molecule has 5 heteroatoms. The second kappa shape index (κ2) is 4.48. The molecule has 0 bridgehead atoms. The number of amides is 1. The third-order valence-corrected chi connectivity index (χ3v) is 2.53. The minimum atomic E-state index is -0.560. The monoisotopic (exact) mass is 252 g/mol. The summed E-state index contributed by atoms with van der Waals surface area (Å²) in [5.74, 6) is -0.360. The van der Waals surface area contributed by atoms with Gasteiger partial charge in [0.05, 0.1) is 11.4 Å². The number of ether oxygens (including phenoxy) is 1. The summed E-state index contributed by atoms with van der Waals surface area (Å²) in [6.07, 6.45) is -0.448. The van der Waals surface area contributed by atoms with Gasteiger partial charge >= 0.3 is 6.09 Å². The fraction of sp³-hybridized carbons (Fsp3) is 0.462. The fourth-order valence-electron chi connectivity index (χ4n) is 1.83. The number of anilines is 2. The highest BCUT2D eigenvalue weighted by Gasteiger charge is 2.28. The molecule has 0 spiro atoms. The summed E-state index contributed by atoms with van der Waals surface area (Å²) in [4.78, 5) is 13.5. The highest BCUT2D eigenvalue weighted by atomic mass is 19.1. The van der Waals surface area contributed by atoms with Gasteiger partial charge in [0.15, 0.2) is 0 Å². The van der Waals surface area contributed by atoms with Crippen LogP contribution in [-0.4, -0.2) is 24.8 Å². The van der Waals surface area contributed by atoms with Gasteiger partial charge in [-0.05, 0) is 32.9 Å². The van der Waals surface area contributed by atoms with E-state index in [1.165, 1.54) is 11.0 Å². The van der Waals surface area contributed by atoms with Gasteiger partial charge in [-0.3, -0.25) is 4.90 Å². The maximum absolute atomic E-state index is 13.6. The van der Waals surface area contributed by atoms with Gasteiger partial charge in [0.2, 0.25) is 0 Å². The first-order valence-electron chi connectivity index (χ1n) is 5.91. The Labute approximate surface area is 106 Å². The Morgan fingerprint density at radius 2 is 2.17 bits per heavy atom. The maximum Gasteiger partial charge on any atom is 0.414 e. The van der Waals surface area contributed by atoms with Crippen LogP contribution in [0.1, 0.15) is 20.8 Å². The summed E-state index contributed by atoms with van der Waals surface area (Å²) in [6.45, 7) is 6.39. The summed E-state index contributed by atoms with van der Waals surface area (Å²) in [5, 5.41) is 2.95. The van der Waals surface area contributed by atoms with Gasteiger partial charge in [-0.15, -0.1) is 0 Å². The van der Waals surface area contributed by atoms with Crippen LogP contribution in [-0.2, 0) is 4.74 Å². The molecule has 4 nitrogen and oxygen atoms in total. The van der Waals surface area contributed by atoms with Crippen LogP contribution >= 0.6 is 0 Å². The molecule has 1 aliphatic rings. The number of carbonyl (C=O) groups is 1. The van der Waals surface area contributed by atoms with Gasteiger partial charge in [0, 0.05) is 13.1 Å². The van der Waals surface area contributed by atoms with Crippen LogP contribution in [0, 0.1) is 5.82 Å². The SMILES string of the molecule is CC(C)(C)OC(=O)N1CCNc2c(F)cccc21. The summed E-state index contributed by atoms with van der Waals surface area (Å²) in [7, 11) is 0. The van der Waals surface area contributed by atoms with Crippen molar-refractivity contribution in [2.24, 2.45) is 0 Å². The number of halogens is 1. The van der Waals surface area contributed by atoms with Crippen molar-refractivity contribution in [3.05, 3.63) is 24.0 Å². The highest BCUT2D eigenvalue weighted by molar-refractivity contribution is 5.93. The molecule has 0 saturated heterocycles. The van der Waals surface area contributed by atoms with E-state index in [9.17, 15) is 9.18 Å². The van der Waals surface area contributed by atoms with Crippen molar-refractivity contribution in [2.75, 3.05) is 23.3 Å². The van der Waals surface area contributed by atoms with Gasteiger partial charge in [0.25, 0.3) is 0 Å². The summed E-state index contributed by atoms with van der Waals surface area (Å²) in [6, 6.07) is 4.65. The highest BCUT2D eigenvalue weighted by Crippen LogP contribution is 2.32. The van der Waals surface area contributed by atoms with E-state index in [-0.39, 0.29) is 5.82 Å². The number of hydrogen-bond donors (Lipinski definition) is 1. The first-order valence-corrected chi connectivity index (χ1v) is 5.91. The van der Waals surface area contributed by atoms with Crippen LogP contribution in [0.4, 0.5) is 20.6 Å². The standard InChI is InChI=1S/C13H17FN2O2/c1-13(2,3)18-12(17)16-8-7-15-11-9(14)5-4-6-10(11)16/h4-6,15H,7-8H2,1-3H3. The number of hydrogen-bond acceptors (Lipinski definition) is 3. The molecule has 1 aromatic carbocycles. The molecule has 1 N–H and O–H groups in total. The van der Waals surface area contributed by atoms with E-state index in [4.69, 9.17) is 4.74 Å². The molecular weight excluding hydrogens is 235 g/mol. The Morgan fingerprint density at radius 1 is 1.44 bits per heavy atom. The number of rotatable bonds is 0. The van der Waals surface area contributed by atoms with Crippen LogP contribution < -0.4 is 10.2 Å². The average Bonchev–Trinajstić information content (AvgIpc) is 2.26. The van der Waals surface area contributed by atoms with Crippen molar-refractivity contribution in [3.63, 3.8) is 0 Å². The Hall–Kier alpha value is -1.78. The molecular formula is C13H17FN2O2. The van der Waals surface area contributed by atoms with Gasteiger partial charge < -0.3 is 10.1 Å². The second-order valence-corrected chi connectivity index (χ2v) is 5.19. The lowest BCUT2D eigenvalue weighted by Crippen LogP contribution is -2.42. The zero-order chi connectivity index (χ0) is 13.3. The number of nitrogens with one attached hydrogen (secondary N) is 1. The molecule has 2 rings (SSSR count). The third kappa shape index (κ3) is 2.55. The number of nitrogens with zero attached hydrogens (tertiary/aromatic N) is 1.